The van der Waals surface area contributed by atoms with E-state index in [2.05, 4.69) is 0 Å². The van der Waals surface area contributed by atoms with Crippen LogP contribution in [0.15, 0.2) is 53.4 Å². The molecule has 1 aliphatic heterocycles. The molecule has 2 aromatic carbocycles. The van der Waals surface area contributed by atoms with E-state index in [0.717, 1.165) is 23.5 Å². The predicted molar refractivity (Wildman–Crippen MR) is 95.8 cm³/mol. The summed E-state index contributed by atoms with van der Waals surface area (Å²) < 4.78 is 5.32. The number of benzene rings is 2. The molecule has 0 bridgehead atoms. The molecule has 4 nitrogen and oxygen atoms in total. The molecule has 0 aliphatic carbocycles. The van der Waals surface area contributed by atoms with Crippen LogP contribution in [0.25, 0.3) is 0 Å². The number of rotatable bonds is 5. The fourth-order valence-corrected chi connectivity index (χ4v) is 3.25. The normalized spacial score (nSPS) is 14.0. The van der Waals surface area contributed by atoms with Crippen molar-refractivity contribution in [2.75, 3.05) is 17.2 Å². The quantitative estimate of drug-likeness (QED) is 0.455. The highest BCUT2D eigenvalue weighted by molar-refractivity contribution is 8.00. The molecule has 1 saturated heterocycles. The summed E-state index contributed by atoms with van der Waals surface area (Å²) in [6, 6.07) is 14.3. The number of halogens is 1. The lowest BCUT2D eigenvalue weighted by atomic mass is 10.3. The Labute approximate surface area is 149 Å². The summed E-state index contributed by atoms with van der Waals surface area (Å²) in [6.07, 6.45) is 1.48. The van der Waals surface area contributed by atoms with Gasteiger partial charge in [-0.05, 0) is 55.0 Å². The van der Waals surface area contributed by atoms with Crippen LogP contribution in [0.5, 0.6) is 5.75 Å². The number of amides is 1. The number of hydrogen-bond donors (Lipinski definition) is 0. The van der Waals surface area contributed by atoms with E-state index in [0.29, 0.717) is 17.2 Å². The van der Waals surface area contributed by atoms with Crippen LogP contribution in [-0.4, -0.2) is 24.2 Å². The van der Waals surface area contributed by atoms with Gasteiger partial charge in [-0.15, -0.1) is 11.8 Å². The number of carbonyl (C=O) groups is 2. The Kier molecular flexibility index (Phi) is 5.43. The van der Waals surface area contributed by atoms with Gasteiger partial charge in [0.25, 0.3) is 0 Å². The maximum Gasteiger partial charge on any atom is 0.321 e. The van der Waals surface area contributed by atoms with Gasteiger partial charge >= 0.3 is 5.97 Å². The third kappa shape index (κ3) is 4.30. The van der Waals surface area contributed by atoms with Gasteiger partial charge < -0.3 is 9.64 Å². The average molecular weight is 362 g/mol. The van der Waals surface area contributed by atoms with E-state index >= 15 is 0 Å². The molecule has 3 rings (SSSR count). The third-order valence-electron chi connectivity index (χ3n) is 3.62. The van der Waals surface area contributed by atoms with E-state index < -0.39 is 0 Å². The van der Waals surface area contributed by atoms with E-state index in [-0.39, 0.29) is 17.6 Å². The van der Waals surface area contributed by atoms with Gasteiger partial charge in [-0.3, -0.25) is 9.59 Å². The van der Waals surface area contributed by atoms with Gasteiger partial charge in [0.15, 0.2) is 0 Å². The van der Waals surface area contributed by atoms with Gasteiger partial charge in [0.1, 0.15) is 5.75 Å². The lowest BCUT2D eigenvalue weighted by Gasteiger charge is -2.15. The summed E-state index contributed by atoms with van der Waals surface area (Å²) in [7, 11) is 0. The predicted octanol–water partition coefficient (Wildman–Crippen LogP) is 4.16. The first-order valence-corrected chi connectivity index (χ1v) is 8.98. The van der Waals surface area contributed by atoms with Crippen molar-refractivity contribution in [3.63, 3.8) is 0 Å². The summed E-state index contributed by atoms with van der Waals surface area (Å²) in [5.74, 6) is 0.514. The van der Waals surface area contributed by atoms with Crippen LogP contribution >= 0.6 is 23.4 Å². The summed E-state index contributed by atoms with van der Waals surface area (Å²) in [5.41, 5.74) is 0.841. The van der Waals surface area contributed by atoms with Crippen LogP contribution in [0, 0.1) is 0 Å². The van der Waals surface area contributed by atoms with Crippen LogP contribution in [0.1, 0.15) is 12.8 Å². The number of esters is 1. The van der Waals surface area contributed by atoms with E-state index in [4.69, 9.17) is 16.3 Å². The SMILES string of the molecule is O=C(CSc1ccc(Cl)cc1)Oc1ccc(N2CCCC2=O)cc1. The van der Waals surface area contributed by atoms with Gasteiger partial charge in [-0.1, -0.05) is 11.6 Å². The molecule has 0 N–H and O–H groups in total. The second kappa shape index (κ2) is 7.73. The molecule has 0 saturated carbocycles. The maximum absolute atomic E-state index is 11.9. The van der Waals surface area contributed by atoms with Crippen molar-refractivity contribution in [3.8, 4) is 5.75 Å². The van der Waals surface area contributed by atoms with Gasteiger partial charge in [0, 0.05) is 28.6 Å². The fourth-order valence-electron chi connectivity index (χ4n) is 2.45. The molecular weight excluding hydrogens is 346 g/mol. The molecular formula is C18H16ClNO3S. The molecule has 0 atom stereocenters. The molecule has 0 spiro atoms. The van der Waals surface area contributed by atoms with Gasteiger partial charge in [0.05, 0.1) is 5.75 Å². The number of ether oxygens (including phenoxy) is 1. The number of nitrogens with zero attached hydrogens (tertiary/aromatic N) is 1. The number of hydrogen-bond acceptors (Lipinski definition) is 4. The van der Waals surface area contributed by atoms with Crippen LogP contribution < -0.4 is 9.64 Å². The Morgan fingerprint density at radius 2 is 1.83 bits per heavy atom. The van der Waals surface area contributed by atoms with Crippen molar-refractivity contribution in [1.29, 1.82) is 0 Å². The molecule has 6 heteroatoms. The van der Waals surface area contributed by atoms with Crippen molar-refractivity contribution >= 4 is 40.9 Å². The Bertz CT molecular complexity index is 731. The zero-order chi connectivity index (χ0) is 16.9. The van der Waals surface area contributed by atoms with Crippen LogP contribution in [0.4, 0.5) is 5.69 Å². The minimum absolute atomic E-state index is 0.138. The molecule has 0 radical (unpaired) electrons. The van der Waals surface area contributed by atoms with Gasteiger partial charge in [0.2, 0.25) is 5.91 Å². The van der Waals surface area contributed by atoms with Crippen LogP contribution in [-0.2, 0) is 9.59 Å². The van der Waals surface area contributed by atoms with Gasteiger partial charge in [-0.2, -0.15) is 0 Å². The zero-order valence-corrected chi connectivity index (χ0v) is 14.5. The van der Waals surface area contributed by atoms with Crippen LogP contribution in [0.3, 0.4) is 0 Å². The van der Waals surface area contributed by atoms with E-state index in [9.17, 15) is 9.59 Å². The maximum atomic E-state index is 11.9. The first-order chi connectivity index (χ1) is 11.6. The number of carbonyl (C=O) groups excluding carboxylic acids is 2. The average Bonchev–Trinajstić information content (AvgIpc) is 3.01. The minimum Gasteiger partial charge on any atom is -0.426 e. The molecule has 1 amide bonds. The third-order valence-corrected chi connectivity index (χ3v) is 4.86. The Morgan fingerprint density at radius 1 is 1.12 bits per heavy atom. The lowest BCUT2D eigenvalue weighted by molar-refractivity contribution is -0.131. The minimum atomic E-state index is -0.319. The molecule has 0 aromatic heterocycles. The lowest BCUT2D eigenvalue weighted by Crippen LogP contribution is -2.23. The summed E-state index contributed by atoms with van der Waals surface area (Å²) >= 11 is 7.22. The topological polar surface area (TPSA) is 46.6 Å². The van der Waals surface area contributed by atoms with Crippen molar-refractivity contribution in [2.24, 2.45) is 0 Å². The zero-order valence-electron chi connectivity index (χ0n) is 12.9. The van der Waals surface area contributed by atoms with Crippen molar-refractivity contribution < 1.29 is 14.3 Å². The van der Waals surface area contributed by atoms with Crippen molar-refractivity contribution in [3.05, 3.63) is 53.6 Å². The molecule has 0 unspecified atom stereocenters. The fraction of sp³-hybridized carbons (Fsp3) is 0.222. The molecule has 1 fully saturated rings. The Balaban J connectivity index is 1.52. The Morgan fingerprint density at radius 3 is 2.46 bits per heavy atom. The summed E-state index contributed by atoms with van der Waals surface area (Å²) in [6.45, 7) is 0.746. The standard InChI is InChI=1S/C18H16ClNO3S/c19-13-3-9-16(10-4-13)24-12-18(22)23-15-7-5-14(6-8-15)20-11-1-2-17(20)21/h3-10H,1-2,11-12H2. The highest BCUT2D eigenvalue weighted by Gasteiger charge is 2.21. The van der Waals surface area contributed by atoms with E-state index in [1.165, 1.54) is 11.8 Å². The van der Waals surface area contributed by atoms with E-state index in [1.807, 2.05) is 12.1 Å². The molecule has 124 valence electrons. The smallest absolute Gasteiger partial charge is 0.321 e. The number of thioether (sulfide) groups is 1. The second-order valence-corrected chi connectivity index (χ2v) is 6.84. The van der Waals surface area contributed by atoms with Crippen molar-refractivity contribution in [2.45, 2.75) is 17.7 Å². The molecule has 2 aromatic rings. The Hall–Kier alpha value is -1.98. The van der Waals surface area contributed by atoms with E-state index in [1.54, 1.807) is 41.3 Å². The number of anilines is 1. The molecule has 1 aliphatic rings. The second-order valence-electron chi connectivity index (χ2n) is 5.36. The first-order valence-electron chi connectivity index (χ1n) is 7.61. The van der Waals surface area contributed by atoms with Gasteiger partial charge in [-0.25, -0.2) is 0 Å². The largest absolute Gasteiger partial charge is 0.426 e. The molecule has 1 heterocycles. The highest BCUT2D eigenvalue weighted by Crippen LogP contribution is 2.25. The summed E-state index contributed by atoms with van der Waals surface area (Å²) in [4.78, 5) is 26.3. The monoisotopic (exact) mass is 361 g/mol. The molecule has 24 heavy (non-hydrogen) atoms. The highest BCUT2D eigenvalue weighted by atomic mass is 35.5. The van der Waals surface area contributed by atoms with Crippen LogP contribution in [0.2, 0.25) is 5.02 Å². The first kappa shape index (κ1) is 16.9. The summed E-state index contributed by atoms with van der Waals surface area (Å²) in [5, 5.41) is 0.665. The van der Waals surface area contributed by atoms with Crippen molar-refractivity contribution in [1.82, 2.24) is 0 Å².